The minimum Gasteiger partial charge on any atom is -0.497 e. The van der Waals surface area contributed by atoms with Gasteiger partial charge in [-0.05, 0) is 37.5 Å². The highest BCUT2D eigenvalue weighted by molar-refractivity contribution is 7.13. The summed E-state index contributed by atoms with van der Waals surface area (Å²) in [5.41, 5.74) is 1.84. The van der Waals surface area contributed by atoms with Crippen LogP contribution in [0.25, 0.3) is 0 Å². The Morgan fingerprint density at radius 3 is 2.71 bits per heavy atom. The molecule has 1 fully saturated rings. The number of nitrogens with one attached hydrogen (secondary N) is 2. The molecule has 0 unspecified atom stereocenters. The number of hydrogen-bond donors (Lipinski definition) is 2. The molecule has 0 bridgehead atoms. The summed E-state index contributed by atoms with van der Waals surface area (Å²) in [5, 5.41) is 7.73. The fraction of sp³-hybridized carbons (Fsp3) is 0.368. The molecule has 1 atom stereocenters. The van der Waals surface area contributed by atoms with Gasteiger partial charge < -0.3 is 15.4 Å². The van der Waals surface area contributed by atoms with Gasteiger partial charge in [-0.15, -0.1) is 11.3 Å². The van der Waals surface area contributed by atoms with Gasteiger partial charge in [-0.1, -0.05) is 12.1 Å². The maximum Gasteiger partial charge on any atom is 0.324 e. The molecule has 2 heterocycles. The van der Waals surface area contributed by atoms with Crippen LogP contribution < -0.4 is 15.4 Å². The molecule has 4 amide bonds. The zero-order chi connectivity index (χ0) is 20.1. The molecular formula is C19H22N4O4S. The maximum absolute atomic E-state index is 12.5. The van der Waals surface area contributed by atoms with E-state index in [9.17, 15) is 14.4 Å². The van der Waals surface area contributed by atoms with E-state index in [1.807, 2.05) is 36.6 Å². The molecule has 1 aromatic carbocycles. The summed E-state index contributed by atoms with van der Waals surface area (Å²) < 4.78 is 5.12. The Hall–Kier alpha value is -2.94. The summed E-state index contributed by atoms with van der Waals surface area (Å²) in [4.78, 5) is 42.0. The zero-order valence-corrected chi connectivity index (χ0v) is 16.5. The van der Waals surface area contributed by atoms with E-state index >= 15 is 0 Å². The molecule has 2 aromatic rings. The van der Waals surface area contributed by atoms with Gasteiger partial charge in [-0.3, -0.25) is 14.5 Å². The molecule has 0 spiro atoms. The van der Waals surface area contributed by atoms with E-state index in [0.29, 0.717) is 11.6 Å². The van der Waals surface area contributed by atoms with Crippen molar-refractivity contribution in [3.8, 4) is 5.75 Å². The number of carbonyl (C=O) groups is 3. The van der Waals surface area contributed by atoms with Gasteiger partial charge in [0.05, 0.1) is 12.8 Å². The molecule has 2 N–H and O–H groups in total. The third-order valence-corrected chi connectivity index (χ3v) is 5.29. The van der Waals surface area contributed by atoms with Crippen LogP contribution >= 0.6 is 11.3 Å². The molecule has 8 nitrogen and oxygen atoms in total. The summed E-state index contributed by atoms with van der Waals surface area (Å²) in [5.74, 6) is 0.231. The number of hydrogen-bond acceptors (Lipinski definition) is 6. The highest BCUT2D eigenvalue weighted by Crippen LogP contribution is 2.17. The van der Waals surface area contributed by atoms with Crippen molar-refractivity contribution in [2.45, 2.75) is 32.2 Å². The largest absolute Gasteiger partial charge is 0.497 e. The number of aromatic nitrogens is 1. The van der Waals surface area contributed by atoms with Gasteiger partial charge in [0.15, 0.2) is 5.13 Å². The number of benzene rings is 1. The van der Waals surface area contributed by atoms with E-state index in [1.165, 1.54) is 16.2 Å². The second-order valence-corrected chi connectivity index (χ2v) is 7.33. The lowest BCUT2D eigenvalue weighted by molar-refractivity contribution is -0.127. The number of methoxy groups -OCH3 is 1. The second-order valence-electron chi connectivity index (χ2n) is 6.47. The number of aryl methyl sites for hydroxylation is 1. The van der Waals surface area contributed by atoms with Gasteiger partial charge in [-0.25, -0.2) is 9.78 Å². The number of nitrogens with zero attached hydrogens (tertiary/aromatic N) is 2. The number of ether oxygens (including phenoxy) is 1. The topological polar surface area (TPSA) is 101 Å². The Morgan fingerprint density at radius 1 is 1.32 bits per heavy atom. The molecule has 1 aliphatic rings. The molecule has 9 heteroatoms. The predicted octanol–water partition coefficient (Wildman–Crippen LogP) is 2.34. The summed E-state index contributed by atoms with van der Waals surface area (Å²) in [7, 11) is 1.60. The first-order chi connectivity index (χ1) is 13.5. The first-order valence-electron chi connectivity index (χ1n) is 8.93. The monoisotopic (exact) mass is 402 g/mol. The number of rotatable bonds is 8. The Labute approximate surface area is 166 Å². The van der Waals surface area contributed by atoms with Crippen molar-refractivity contribution in [2.24, 2.45) is 0 Å². The van der Waals surface area contributed by atoms with Crippen molar-refractivity contribution in [2.75, 3.05) is 19.0 Å². The first kappa shape index (κ1) is 19.8. The van der Waals surface area contributed by atoms with Crippen LogP contribution in [0.4, 0.5) is 9.93 Å². The third-order valence-electron chi connectivity index (χ3n) is 4.42. The van der Waals surface area contributed by atoms with E-state index in [4.69, 9.17) is 4.74 Å². The minimum absolute atomic E-state index is 0.127. The molecule has 1 aromatic heterocycles. The molecule has 1 aliphatic heterocycles. The van der Waals surface area contributed by atoms with Crippen LogP contribution in [0.1, 0.15) is 24.1 Å². The summed E-state index contributed by atoms with van der Waals surface area (Å²) >= 11 is 1.35. The smallest absolute Gasteiger partial charge is 0.324 e. The van der Waals surface area contributed by atoms with E-state index < -0.39 is 12.1 Å². The van der Waals surface area contributed by atoms with Crippen LogP contribution in [-0.2, 0) is 16.0 Å². The van der Waals surface area contributed by atoms with E-state index in [-0.39, 0.29) is 31.2 Å². The third kappa shape index (κ3) is 4.86. The van der Waals surface area contributed by atoms with Crippen LogP contribution in [0, 0.1) is 6.92 Å². The molecule has 0 radical (unpaired) electrons. The van der Waals surface area contributed by atoms with Crippen molar-refractivity contribution in [3.63, 3.8) is 0 Å². The van der Waals surface area contributed by atoms with Crippen LogP contribution in [0.3, 0.4) is 0 Å². The van der Waals surface area contributed by atoms with E-state index in [0.717, 1.165) is 17.0 Å². The van der Waals surface area contributed by atoms with Crippen molar-refractivity contribution >= 4 is 34.3 Å². The van der Waals surface area contributed by atoms with Gasteiger partial charge >= 0.3 is 6.03 Å². The van der Waals surface area contributed by atoms with Gasteiger partial charge in [-0.2, -0.15) is 0 Å². The molecule has 0 saturated carbocycles. The Kier molecular flexibility index (Phi) is 6.25. The summed E-state index contributed by atoms with van der Waals surface area (Å²) in [6, 6.07) is 6.39. The van der Waals surface area contributed by atoms with Gasteiger partial charge in [0, 0.05) is 18.3 Å². The number of carbonyl (C=O) groups excluding carboxylic acids is 3. The fourth-order valence-corrected chi connectivity index (χ4v) is 3.59. The maximum atomic E-state index is 12.5. The second kappa shape index (κ2) is 8.83. The first-order valence-corrected chi connectivity index (χ1v) is 9.81. The van der Waals surface area contributed by atoms with Crippen molar-refractivity contribution in [1.29, 1.82) is 0 Å². The van der Waals surface area contributed by atoms with Gasteiger partial charge in [0.1, 0.15) is 11.8 Å². The molecule has 1 saturated heterocycles. The SMILES string of the molecule is COc1ccc(CCN2C(=O)N[C@@H](CCC(=O)Nc3nc(C)cs3)C2=O)cc1. The number of imide groups is 1. The highest BCUT2D eigenvalue weighted by Gasteiger charge is 2.37. The molecular weight excluding hydrogens is 380 g/mol. The van der Waals surface area contributed by atoms with Crippen LogP contribution in [-0.4, -0.2) is 47.4 Å². The number of anilines is 1. The highest BCUT2D eigenvalue weighted by atomic mass is 32.1. The molecule has 148 valence electrons. The summed E-state index contributed by atoms with van der Waals surface area (Å²) in [6.45, 7) is 2.14. The van der Waals surface area contributed by atoms with E-state index in [2.05, 4.69) is 15.6 Å². The predicted molar refractivity (Wildman–Crippen MR) is 105 cm³/mol. The average Bonchev–Trinajstić information content (AvgIpc) is 3.21. The van der Waals surface area contributed by atoms with Crippen LogP contribution in [0.2, 0.25) is 0 Å². The Balaban J connectivity index is 1.47. The minimum atomic E-state index is -0.674. The number of amides is 4. The Bertz CT molecular complexity index is 865. The van der Waals surface area contributed by atoms with Crippen molar-refractivity contribution < 1.29 is 19.1 Å². The quantitative estimate of drug-likeness (QED) is 0.660. The molecule has 28 heavy (non-hydrogen) atoms. The number of urea groups is 1. The average molecular weight is 402 g/mol. The lowest BCUT2D eigenvalue weighted by Crippen LogP contribution is -2.33. The van der Waals surface area contributed by atoms with Gasteiger partial charge in [0.25, 0.3) is 5.91 Å². The molecule has 3 rings (SSSR count). The summed E-state index contributed by atoms with van der Waals surface area (Å²) in [6.07, 6.45) is 0.932. The number of thiazole rings is 1. The normalized spacial score (nSPS) is 16.2. The van der Waals surface area contributed by atoms with Gasteiger partial charge in [0.2, 0.25) is 5.91 Å². The van der Waals surface area contributed by atoms with Crippen LogP contribution in [0.15, 0.2) is 29.6 Å². The Morgan fingerprint density at radius 2 is 2.07 bits per heavy atom. The lowest BCUT2D eigenvalue weighted by Gasteiger charge is -2.13. The zero-order valence-electron chi connectivity index (χ0n) is 15.7. The van der Waals surface area contributed by atoms with Crippen LogP contribution in [0.5, 0.6) is 5.75 Å². The van der Waals surface area contributed by atoms with E-state index in [1.54, 1.807) is 7.11 Å². The van der Waals surface area contributed by atoms with Crippen molar-refractivity contribution in [1.82, 2.24) is 15.2 Å². The molecule has 0 aliphatic carbocycles. The standard InChI is InChI=1S/C19H22N4O4S/c1-12-11-28-18(20-12)22-16(24)8-7-15-17(25)23(19(26)21-15)10-9-13-3-5-14(27-2)6-4-13/h3-6,11,15H,7-10H2,1-2H3,(H,21,26)(H,20,22,24)/t15-/m0/s1. The van der Waals surface area contributed by atoms with Crippen molar-refractivity contribution in [3.05, 3.63) is 40.9 Å². The lowest BCUT2D eigenvalue weighted by atomic mass is 10.1. The fourth-order valence-electron chi connectivity index (χ4n) is 2.89.